The van der Waals surface area contributed by atoms with Crippen LogP contribution in [0.4, 0.5) is 14.5 Å². The second kappa shape index (κ2) is 10.5. The smallest absolute Gasteiger partial charge is 0.387 e. The van der Waals surface area contributed by atoms with Crippen molar-refractivity contribution >= 4 is 23.4 Å². The number of benzene rings is 2. The molecule has 164 valence electrons. The van der Waals surface area contributed by atoms with Gasteiger partial charge in [-0.1, -0.05) is 18.2 Å². The number of halogens is 2. The number of para-hydroxylation sites is 1. The number of ether oxygens (including phenoxy) is 1. The molecule has 0 bridgehead atoms. The summed E-state index contributed by atoms with van der Waals surface area (Å²) < 4.78 is 28.6. The van der Waals surface area contributed by atoms with Crippen LogP contribution in [-0.2, 0) is 9.59 Å². The summed E-state index contributed by atoms with van der Waals surface area (Å²) in [7, 11) is 0. The Bertz CT molecular complexity index is 899. The highest BCUT2D eigenvalue weighted by molar-refractivity contribution is 5.96. The number of hydrogen-bond donors (Lipinski definition) is 2. The van der Waals surface area contributed by atoms with Gasteiger partial charge in [0.05, 0.1) is 6.54 Å². The zero-order valence-corrected chi connectivity index (χ0v) is 16.7. The second-order valence-corrected chi connectivity index (χ2v) is 7.10. The van der Waals surface area contributed by atoms with Crippen LogP contribution in [0, 0.1) is 5.92 Å². The maximum absolute atomic E-state index is 12.4. The van der Waals surface area contributed by atoms with Gasteiger partial charge in [0, 0.05) is 30.3 Å². The van der Waals surface area contributed by atoms with E-state index in [1.54, 1.807) is 4.90 Å². The molecule has 0 aromatic heterocycles. The van der Waals surface area contributed by atoms with Crippen molar-refractivity contribution < 1.29 is 27.9 Å². The van der Waals surface area contributed by atoms with Crippen LogP contribution in [0.1, 0.15) is 23.2 Å². The first-order valence-electron chi connectivity index (χ1n) is 9.89. The number of rotatable bonds is 7. The summed E-state index contributed by atoms with van der Waals surface area (Å²) in [5.41, 5.74) is 0.966. The van der Waals surface area contributed by atoms with Gasteiger partial charge in [0.1, 0.15) is 5.75 Å². The summed E-state index contributed by atoms with van der Waals surface area (Å²) in [6.45, 7) is -2.26. The highest BCUT2D eigenvalue weighted by Gasteiger charge is 2.27. The van der Waals surface area contributed by atoms with E-state index in [0.717, 1.165) is 5.69 Å². The molecule has 1 heterocycles. The van der Waals surface area contributed by atoms with Crippen molar-refractivity contribution in [3.05, 3.63) is 60.2 Å². The maximum atomic E-state index is 12.4. The van der Waals surface area contributed by atoms with Gasteiger partial charge in [0.2, 0.25) is 11.8 Å². The van der Waals surface area contributed by atoms with Crippen LogP contribution in [0.5, 0.6) is 5.75 Å². The van der Waals surface area contributed by atoms with E-state index < -0.39 is 12.5 Å². The Balaban J connectivity index is 1.41. The molecule has 2 aromatic carbocycles. The minimum Gasteiger partial charge on any atom is -0.435 e. The molecule has 9 heteroatoms. The van der Waals surface area contributed by atoms with E-state index in [-0.39, 0.29) is 35.6 Å². The van der Waals surface area contributed by atoms with Gasteiger partial charge in [-0.15, -0.1) is 0 Å². The van der Waals surface area contributed by atoms with Crippen molar-refractivity contribution in [2.24, 2.45) is 5.92 Å². The molecule has 0 radical (unpaired) electrons. The standard InChI is InChI=1S/C22H23F2N3O4/c23-22(24)31-18-8-6-15(7-9-18)20(29)25-14-19(28)27-12-10-16(11-13-27)21(30)26-17-4-2-1-3-5-17/h1-9,16,22H,10-14H2,(H,25,29)(H,26,30). The molecule has 0 atom stereocenters. The third-order valence-corrected chi connectivity index (χ3v) is 5.00. The molecule has 2 aromatic rings. The van der Waals surface area contributed by atoms with Gasteiger partial charge in [0.25, 0.3) is 5.91 Å². The topological polar surface area (TPSA) is 87.7 Å². The predicted molar refractivity (Wildman–Crippen MR) is 110 cm³/mol. The molecule has 31 heavy (non-hydrogen) atoms. The number of likely N-dealkylation sites (tertiary alicyclic amines) is 1. The highest BCUT2D eigenvalue weighted by atomic mass is 19.3. The number of carbonyl (C=O) groups is 3. The minimum atomic E-state index is -2.94. The first kappa shape index (κ1) is 22.2. The summed E-state index contributed by atoms with van der Waals surface area (Å²) in [5, 5.41) is 5.40. The Labute approximate surface area is 178 Å². The lowest BCUT2D eigenvalue weighted by Crippen LogP contribution is -2.45. The monoisotopic (exact) mass is 431 g/mol. The number of piperidine rings is 1. The molecule has 1 aliphatic rings. The lowest BCUT2D eigenvalue weighted by atomic mass is 9.95. The van der Waals surface area contributed by atoms with Crippen LogP contribution in [0.25, 0.3) is 0 Å². The van der Waals surface area contributed by atoms with Crippen molar-refractivity contribution in [1.82, 2.24) is 10.2 Å². The van der Waals surface area contributed by atoms with Crippen LogP contribution in [0.3, 0.4) is 0 Å². The summed E-state index contributed by atoms with van der Waals surface area (Å²) in [6.07, 6.45) is 1.09. The second-order valence-electron chi connectivity index (χ2n) is 7.10. The van der Waals surface area contributed by atoms with Crippen molar-refractivity contribution in [3.63, 3.8) is 0 Å². The van der Waals surface area contributed by atoms with E-state index in [1.807, 2.05) is 30.3 Å². The molecular weight excluding hydrogens is 408 g/mol. The predicted octanol–water partition coefficient (Wildman–Crippen LogP) is 2.90. The Morgan fingerprint density at radius 1 is 1.00 bits per heavy atom. The zero-order valence-electron chi connectivity index (χ0n) is 16.7. The Morgan fingerprint density at radius 3 is 2.26 bits per heavy atom. The Morgan fingerprint density at radius 2 is 1.65 bits per heavy atom. The lowest BCUT2D eigenvalue weighted by Gasteiger charge is -2.31. The highest BCUT2D eigenvalue weighted by Crippen LogP contribution is 2.20. The van der Waals surface area contributed by atoms with Crippen molar-refractivity contribution in [3.8, 4) is 5.75 Å². The number of carbonyl (C=O) groups excluding carboxylic acids is 3. The van der Waals surface area contributed by atoms with Crippen LogP contribution in [0.15, 0.2) is 54.6 Å². The van der Waals surface area contributed by atoms with Crippen LogP contribution in [-0.4, -0.2) is 48.9 Å². The molecule has 0 aliphatic carbocycles. The third-order valence-electron chi connectivity index (χ3n) is 5.00. The quantitative estimate of drug-likeness (QED) is 0.706. The molecule has 1 aliphatic heterocycles. The van der Waals surface area contributed by atoms with Gasteiger partial charge >= 0.3 is 6.61 Å². The van der Waals surface area contributed by atoms with E-state index >= 15 is 0 Å². The zero-order chi connectivity index (χ0) is 22.2. The molecule has 0 saturated carbocycles. The van der Waals surface area contributed by atoms with E-state index in [2.05, 4.69) is 15.4 Å². The number of anilines is 1. The fraction of sp³-hybridized carbons (Fsp3) is 0.318. The van der Waals surface area contributed by atoms with Gasteiger partial charge in [-0.25, -0.2) is 0 Å². The van der Waals surface area contributed by atoms with Crippen LogP contribution >= 0.6 is 0 Å². The lowest BCUT2D eigenvalue weighted by molar-refractivity contribution is -0.133. The first-order chi connectivity index (χ1) is 14.9. The normalized spacial score (nSPS) is 14.2. The van der Waals surface area contributed by atoms with Gasteiger partial charge in [-0.3, -0.25) is 14.4 Å². The fourth-order valence-electron chi connectivity index (χ4n) is 3.31. The Kier molecular flexibility index (Phi) is 7.53. The van der Waals surface area contributed by atoms with Gasteiger partial charge in [-0.05, 0) is 49.2 Å². The van der Waals surface area contributed by atoms with Crippen molar-refractivity contribution in [2.45, 2.75) is 19.5 Å². The molecule has 7 nitrogen and oxygen atoms in total. The van der Waals surface area contributed by atoms with E-state index in [9.17, 15) is 23.2 Å². The largest absolute Gasteiger partial charge is 0.435 e. The summed E-state index contributed by atoms with van der Waals surface area (Å²) >= 11 is 0. The Hall–Kier alpha value is -3.49. The fourth-order valence-corrected chi connectivity index (χ4v) is 3.31. The average Bonchev–Trinajstić information content (AvgIpc) is 2.78. The summed E-state index contributed by atoms with van der Waals surface area (Å²) in [5.74, 6) is -1.03. The molecule has 2 N–H and O–H groups in total. The van der Waals surface area contributed by atoms with Crippen LogP contribution < -0.4 is 15.4 Å². The number of alkyl halides is 2. The minimum absolute atomic E-state index is 0.0539. The molecule has 3 amide bonds. The van der Waals surface area contributed by atoms with Gasteiger partial charge < -0.3 is 20.3 Å². The maximum Gasteiger partial charge on any atom is 0.387 e. The summed E-state index contributed by atoms with van der Waals surface area (Å²) in [4.78, 5) is 38.5. The number of hydrogen-bond acceptors (Lipinski definition) is 4. The van der Waals surface area contributed by atoms with Gasteiger partial charge in [0.15, 0.2) is 0 Å². The summed E-state index contributed by atoms with van der Waals surface area (Å²) in [6, 6.07) is 14.4. The number of amides is 3. The molecule has 3 rings (SSSR count). The molecule has 1 saturated heterocycles. The van der Waals surface area contributed by atoms with E-state index in [0.29, 0.717) is 25.9 Å². The van der Waals surface area contributed by atoms with E-state index in [4.69, 9.17) is 0 Å². The third kappa shape index (κ3) is 6.50. The first-order valence-corrected chi connectivity index (χ1v) is 9.89. The molecule has 1 fully saturated rings. The van der Waals surface area contributed by atoms with Crippen molar-refractivity contribution in [2.75, 3.05) is 25.0 Å². The number of nitrogens with zero attached hydrogens (tertiary/aromatic N) is 1. The SMILES string of the molecule is O=C(NCC(=O)N1CCC(C(=O)Nc2ccccc2)CC1)c1ccc(OC(F)F)cc1. The average molecular weight is 431 g/mol. The van der Waals surface area contributed by atoms with Gasteiger partial charge in [-0.2, -0.15) is 8.78 Å². The molecule has 0 spiro atoms. The van der Waals surface area contributed by atoms with Crippen LogP contribution in [0.2, 0.25) is 0 Å². The van der Waals surface area contributed by atoms with E-state index in [1.165, 1.54) is 24.3 Å². The number of nitrogens with one attached hydrogen (secondary N) is 2. The molecular formula is C22H23F2N3O4. The molecule has 0 unspecified atom stereocenters. The van der Waals surface area contributed by atoms with Crippen molar-refractivity contribution in [1.29, 1.82) is 0 Å².